The Bertz CT molecular complexity index is 789. The summed E-state index contributed by atoms with van der Waals surface area (Å²) in [5, 5.41) is 17.6. The van der Waals surface area contributed by atoms with Crippen molar-refractivity contribution in [3.05, 3.63) is 102 Å². The Morgan fingerprint density at radius 2 is 1.31 bits per heavy atom. The maximum Gasteiger partial charge on any atom is 0.335 e. The first-order valence-electron chi connectivity index (χ1n) is 8.34. The minimum absolute atomic E-state index is 0.131. The van der Waals surface area contributed by atoms with Gasteiger partial charge in [-0.1, -0.05) is 60.7 Å². The summed E-state index contributed by atoms with van der Waals surface area (Å²) < 4.78 is 0. The summed E-state index contributed by atoms with van der Waals surface area (Å²) in [4.78, 5) is 11.5. The number of thioether (sulfide) groups is 1. The first-order chi connectivity index (χ1) is 12.7. The van der Waals surface area contributed by atoms with Gasteiger partial charge < -0.3 is 10.2 Å². The second-order valence-electron chi connectivity index (χ2n) is 5.51. The van der Waals surface area contributed by atoms with Crippen LogP contribution in [0.4, 0.5) is 0 Å². The molecule has 0 radical (unpaired) electrons. The zero-order chi connectivity index (χ0) is 18.6. The minimum Gasteiger partial charge on any atom is -0.478 e. The number of carboxylic acid groups (broad SMARTS) is 1. The van der Waals surface area contributed by atoms with E-state index in [0.717, 1.165) is 17.7 Å². The molecule has 134 valence electrons. The number of aliphatic hydroxyl groups excluding tert-OH is 1. The summed E-state index contributed by atoms with van der Waals surface area (Å²) in [5.74, 6) is 0.164. The first-order valence-corrected chi connectivity index (χ1v) is 9.33. The van der Waals surface area contributed by atoms with Crippen LogP contribution in [0, 0.1) is 0 Å². The molecule has 0 aliphatic heterocycles. The molecule has 0 aliphatic carbocycles. The summed E-state index contributed by atoms with van der Waals surface area (Å²) >= 11 is 1.85. The molecule has 2 N–H and O–H groups in total. The Morgan fingerprint density at radius 1 is 0.769 bits per heavy atom. The highest BCUT2D eigenvalue weighted by atomic mass is 32.2. The van der Waals surface area contributed by atoms with E-state index in [1.54, 1.807) is 30.3 Å². The average Bonchev–Trinajstić information content (AvgIpc) is 2.70. The maximum atomic E-state index is 10.2. The monoisotopic (exact) mass is 366 g/mol. The van der Waals surface area contributed by atoms with Crippen LogP contribution in [0.15, 0.2) is 89.8 Å². The van der Waals surface area contributed by atoms with E-state index in [1.165, 1.54) is 10.5 Å². The Kier molecular flexibility index (Phi) is 8.46. The third-order valence-electron chi connectivity index (χ3n) is 3.69. The number of aryl methyl sites for hydroxylation is 1. The SMILES string of the molecule is O=C(O)c1ccccc1.OCc1ccccc1CCSc1ccccc1. The van der Waals surface area contributed by atoms with Crippen LogP contribution in [0.1, 0.15) is 21.5 Å². The molecule has 3 aromatic rings. The number of aliphatic hydroxyl groups is 1. The molecule has 4 heteroatoms. The average molecular weight is 366 g/mol. The van der Waals surface area contributed by atoms with Crippen molar-refractivity contribution in [1.82, 2.24) is 0 Å². The van der Waals surface area contributed by atoms with Gasteiger partial charge >= 0.3 is 5.97 Å². The summed E-state index contributed by atoms with van der Waals surface area (Å²) in [6.45, 7) is 0.131. The zero-order valence-electron chi connectivity index (χ0n) is 14.4. The van der Waals surface area contributed by atoms with Gasteiger partial charge in [-0.2, -0.15) is 0 Å². The van der Waals surface area contributed by atoms with Crippen LogP contribution in [0.3, 0.4) is 0 Å². The molecule has 3 nitrogen and oxygen atoms in total. The topological polar surface area (TPSA) is 57.5 Å². The van der Waals surface area contributed by atoms with E-state index in [1.807, 2.05) is 36.0 Å². The molecule has 0 atom stereocenters. The second kappa shape index (κ2) is 11.1. The number of aromatic carboxylic acids is 1. The second-order valence-corrected chi connectivity index (χ2v) is 6.68. The molecule has 0 bridgehead atoms. The van der Waals surface area contributed by atoms with E-state index in [0.29, 0.717) is 5.56 Å². The van der Waals surface area contributed by atoms with Gasteiger partial charge in [-0.3, -0.25) is 0 Å². The number of hydrogen-bond donors (Lipinski definition) is 2. The molecule has 0 unspecified atom stereocenters. The van der Waals surface area contributed by atoms with Gasteiger partial charge in [0.25, 0.3) is 0 Å². The molecule has 26 heavy (non-hydrogen) atoms. The molecule has 0 saturated carbocycles. The van der Waals surface area contributed by atoms with Gasteiger partial charge in [0.2, 0.25) is 0 Å². The lowest BCUT2D eigenvalue weighted by molar-refractivity contribution is 0.0697. The summed E-state index contributed by atoms with van der Waals surface area (Å²) in [6, 6.07) is 26.8. The van der Waals surface area contributed by atoms with E-state index in [-0.39, 0.29) is 6.61 Å². The van der Waals surface area contributed by atoms with Crippen LogP contribution in [0.5, 0.6) is 0 Å². The molecular weight excluding hydrogens is 344 g/mol. The number of rotatable bonds is 6. The van der Waals surface area contributed by atoms with Crippen molar-refractivity contribution in [2.45, 2.75) is 17.9 Å². The van der Waals surface area contributed by atoms with Crippen molar-refractivity contribution < 1.29 is 15.0 Å². The predicted molar refractivity (Wildman–Crippen MR) is 107 cm³/mol. The lowest BCUT2D eigenvalue weighted by atomic mass is 10.1. The number of benzene rings is 3. The van der Waals surface area contributed by atoms with Crippen molar-refractivity contribution in [1.29, 1.82) is 0 Å². The highest BCUT2D eigenvalue weighted by Crippen LogP contribution is 2.19. The van der Waals surface area contributed by atoms with Gasteiger partial charge in [0.15, 0.2) is 0 Å². The van der Waals surface area contributed by atoms with Crippen LogP contribution in [-0.2, 0) is 13.0 Å². The highest BCUT2D eigenvalue weighted by Gasteiger charge is 2.00. The smallest absolute Gasteiger partial charge is 0.335 e. The van der Waals surface area contributed by atoms with E-state index in [9.17, 15) is 9.90 Å². The fourth-order valence-corrected chi connectivity index (χ4v) is 3.24. The lowest BCUT2D eigenvalue weighted by Gasteiger charge is -2.06. The van der Waals surface area contributed by atoms with Crippen molar-refractivity contribution in [3.63, 3.8) is 0 Å². The van der Waals surface area contributed by atoms with Gasteiger partial charge in [0.05, 0.1) is 12.2 Å². The van der Waals surface area contributed by atoms with Crippen molar-refractivity contribution >= 4 is 17.7 Å². The molecule has 0 spiro atoms. The van der Waals surface area contributed by atoms with Crippen molar-refractivity contribution in [2.24, 2.45) is 0 Å². The van der Waals surface area contributed by atoms with Crippen LogP contribution in [0.25, 0.3) is 0 Å². The molecule has 0 fully saturated rings. The van der Waals surface area contributed by atoms with Gasteiger partial charge in [0, 0.05) is 10.6 Å². The quantitative estimate of drug-likeness (QED) is 0.609. The maximum absolute atomic E-state index is 10.2. The summed E-state index contributed by atoms with van der Waals surface area (Å²) in [6.07, 6.45) is 0.996. The third-order valence-corrected chi connectivity index (χ3v) is 4.71. The van der Waals surface area contributed by atoms with E-state index >= 15 is 0 Å². The zero-order valence-corrected chi connectivity index (χ0v) is 15.2. The predicted octanol–water partition coefficient (Wildman–Crippen LogP) is 4.90. The molecule has 3 aromatic carbocycles. The van der Waals surface area contributed by atoms with Crippen LogP contribution < -0.4 is 0 Å². The molecule has 0 aromatic heterocycles. The minimum atomic E-state index is -0.879. The Hall–Kier alpha value is -2.56. The van der Waals surface area contributed by atoms with Crippen LogP contribution in [0.2, 0.25) is 0 Å². The first kappa shape index (κ1) is 19.8. The Morgan fingerprint density at radius 3 is 1.85 bits per heavy atom. The summed E-state index contributed by atoms with van der Waals surface area (Å²) in [5.41, 5.74) is 2.62. The van der Waals surface area contributed by atoms with Gasteiger partial charge in [0.1, 0.15) is 0 Å². The number of carboxylic acids is 1. The molecule has 0 saturated heterocycles. The lowest BCUT2D eigenvalue weighted by Crippen LogP contribution is -1.95. The van der Waals surface area contributed by atoms with Crippen molar-refractivity contribution in [2.75, 3.05) is 5.75 Å². The summed E-state index contributed by atoms with van der Waals surface area (Å²) in [7, 11) is 0. The third kappa shape index (κ3) is 6.75. The standard InChI is InChI=1S/C15H16OS.C7H6O2/c16-12-14-7-5-4-6-13(14)10-11-17-15-8-2-1-3-9-15;8-7(9)6-4-2-1-3-5-6/h1-9,16H,10-12H2;1-5H,(H,8,9). The number of carbonyl (C=O) groups is 1. The molecule has 0 heterocycles. The fraction of sp³-hybridized carbons (Fsp3) is 0.136. The van der Waals surface area contributed by atoms with Gasteiger partial charge in [-0.25, -0.2) is 4.79 Å². The van der Waals surface area contributed by atoms with Gasteiger partial charge in [-0.05, 0) is 41.8 Å². The largest absolute Gasteiger partial charge is 0.478 e. The molecule has 0 amide bonds. The Labute approximate surface area is 158 Å². The molecular formula is C22H22O3S. The van der Waals surface area contributed by atoms with Crippen LogP contribution >= 0.6 is 11.8 Å². The highest BCUT2D eigenvalue weighted by molar-refractivity contribution is 7.99. The van der Waals surface area contributed by atoms with E-state index in [2.05, 4.69) is 30.3 Å². The fourth-order valence-electron chi connectivity index (χ4n) is 2.33. The van der Waals surface area contributed by atoms with E-state index < -0.39 is 5.97 Å². The van der Waals surface area contributed by atoms with Gasteiger partial charge in [-0.15, -0.1) is 11.8 Å². The van der Waals surface area contributed by atoms with E-state index in [4.69, 9.17) is 5.11 Å². The normalized spacial score (nSPS) is 9.88. The number of hydrogen-bond acceptors (Lipinski definition) is 3. The van der Waals surface area contributed by atoms with Crippen molar-refractivity contribution in [3.8, 4) is 0 Å². The molecule has 3 rings (SSSR count). The van der Waals surface area contributed by atoms with Crippen LogP contribution in [-0.4, -0.2) is 21.9 Å². The molecule has 0 aliphatic rings. The Balaban J connectivity index is 0.000000228.